The molecule has 15 heavy (non-hydrogen) atoms. The predicted molar refractivity (Wildman–Crippen MR) is 62.8 cm³/mol. The number of ether oxygens (including phenoxy) is 1. The van der Waals surface area contributed by atoms with Crippen LogP contribution in [0.25, 0.3) is 0 Å². The minimum absolute atomic E-state index is 0.146. The Bertz CT molecular complexity index is 222. The molecule has 0 unspecified atom stereocenters. The highest BCUT2D eigenvalue weighted by Gasteiger charge is 2.15. The van der Waals surface area contributed by atoms with Gasteiger partial charge in [-0.3, -0.25) is 4.79 Å². The minimum atomic E-state index is -0.378. The summed E-state index contributed by atoms with van der Waals surface area (Å²) in [6.45, 7) is 11.2. The Hall–Kier alpha value is -0.830. The zero-order valence-electron chi connectivity index (χ0n) is 10.5. The van der Waals surface area contributed by atoms with Crippen molar-refractivity contribution in [1.29, 1.82) is 0 Å². The standard InChI is InChI=1S/C12H23NO2/c1-10(2)6-8-13-9-7-11(14)15-12(3,4)5/h6,13H,7-9H2,1-5H3. The van der Waals surface area contributed by atoms with E-state index in [1.165, 1.54) is 5.57 Å². The molecule has 0 aliphatic carbocycles. The number of carbonyl (C=O) groups excluding carboxylic acids is 1. The van der Waals surface area contributed by atoms with Gasteiger partial charge in [-0.2, -0.15) is 0 Å². The zero-order chi connectivity index (χ0) is 11.9. The van der Waals surface area contributed by atoms with E-state index in [-0.39, 0.29) is 11.6 Å². The van der Waals surface area contributed by atoms with Gasteiger partial charge in [0.1, 0.15) is 5.60 Å². The van der Waals surface area contributed by atoms with Crippen molar-refractivity contribution in [2.24, 2.45) is 0 Å². The number of nitrogens with one attached hydrogen (secondary N) is 1. The van der Waals surface area contributed by atoms with Crippen molar-refractivity contribution in [3.63, 3.8) is 0 Å². The van der Waals surface area contributed by atoms with E-state index in [0.29, 0.717) is 13.0 Å². The molecule has 0 rings (SSSR count). The van der Waals surface area contributed by atoms with Gasteiger partial charge in [0.05, 0.1) is 6.42 Å². The van der Waals surface area contributed by atoms with Crippen molar-refractivity contribution in [2.45, 2.75) is 46.6 Å². The summed E-state index contributed by atoms with van der Waals surface area (Å²) >= 11 is 0. The number of carbonyl (C=O) groups is 1. The van der Waals surface area contributed by atoms with Gasteiger partial charge in [-0.1, -0.05) is 11.6 Å². The molecule has 1 N–H and O–H groups in total. The number of hydrogen-bond donors (Lipinski definition) is 1. The molecule has 0 spiro atoms. The molecule has 3 nitrogen and oxygen atoms in total. The summed E-state index contributed by atoms with van der Waals surface area (Å²) in [6, 6.07) is 0. The molecule has 0 aromatic carbocycles. The van der Waals surface area contributed by atoms with E-state index in [1.807, 2.05) is 20.8 Å². The SMILES string of the molecule is CC(C)=CCNCCC(=O)OC(C)(C)C. The minimum Gasteiger partial charge on any atom is -0.460 e. The van der Waals surface area contributed by atoms with Gasteiger partial charge in [0.25, 0.3) is 0 Å². The van der Waals surface area contributed by atoms with Gasteiger partial charge in [-0.05, 0) is 34.6 Å². The fourth-order valence-corrected chi connectivity index (χ4v) is 0.961. The van der Waals surface area contributed by atoms with E-state index >= 15 is 0 Å². The smallest absolute Gasteiger partial charge is 0.307 e. The summed E-state index contributed by atoms with van der Waals surface area (Å²) in [6.07, 6.45) is 2.52. The third kappa shape index (κ3) is 11.1. The van der Waals surface area contributed by atoms with Crippen molar-refractivity contribution in [2.75, 3.05) is 13.1 Å². The Labute approximate surface area is 92.9 Å². The molecule has 0 fully saturated rings. The second-order valence-electron chi connectivity index (χ2n) is 4.82. The van der Waals surface area contributed by atoms with Crippen LogP contribution in [0.5, 0.6) is 0 Å². The molecule has 0 amide bonds. The largest absolute Gasteiger partial charge is 0.460 e. The first-order chi connectivity index (χ1) is 6.81. The number of hydrogen-bond acceptors (Lipinski definition) is 3. The number of allylic oxidation sites excluding steroid dienone is 1. The van der Waals surface area contributed by atoms with E-state index in [4.69, 9.17) is 4.74 Å². The summed E-state index contributed by atoms with van der Waals surface area (Å²) in [7, 11) is 0. The first-order valence-corrected chi connectivity index (χ1v) is 5.37. The van der Waals surface area contributed by atoms with Crippen LogP contribution in [0.2, 0.25) is 0 Å². The molecule has 0 heterocycles. The van der Waals surface area contributed by atoms with Gasteiger partial charge in [-0.25, -0.2) is 0 Å². The molecule has 0 radical (unpaired) electrons. The Morgan fingerprint density at radius 1 is 1.33 bits per heavy atom. The van der Waals surface area contributed by atoms with Gasteiger partial charge in [0.2, 0.25) is 0 Å². The Balaban J connectivity index is 3.52. The summed E-state index contributed by atoms with van der Waals surface area (Å²) in [5, 5.41) is 3.16. The van der Waals surface area contributed by atoms with Gasteiger partial charge >= 0.3 is 5.97 Å². The maximum absolute atomic E-state index is 11.3. The average molecular weight is 213 g/mol. The molecule has 88 valence electrons. The summed E-state index contributed by atoms with van der Waals surface area (Å²) < 4.78 is 5.17. The number of esters is 1. The summed E-state index contributed by atoms with van der Waals surface area (Å²) in [5.74, 6) is -0.146. The normalized spacial score (nSPS) is 11.0. The van der Waals surface area contributed by atoms with Crippen LogP contribution in [0.3, 0.4) is 0 Å². The van der Waals surface area contributed by atoms with Crippen LogP contribution in [0.15, 0.2) is 11.6 Å². The van der Waals surface area contributed by atoms with E-state index < -0.39 is 0 Å². The molecule has 0 aliphatic heterocycles. The molecule has 0 aromatic heterocycles. The maximum atomic E-state index is 11.3. The van der Waals surface area contributed by atoms with Gasteiger partial charge in [0, 0.05) is 13.1 Å². The van der Waals surface area contributed by atoms with Gasteiger partial charge in [-0.15, -0.1) is 0 Å². The molecule has 0 bridgehead atoms. The fourth-order valence-electron chi connectivity index (χ4n) is 0.961. The van der Waals surface area contributed by atoms with Crippen LogP contribution >= 0.6 is 0 Å². The third-order valence-electron chi connectivity index (χ3n) is 1.58. The Morgan fingerprint density at radius 3 is 2.40 bits per heavy atom. The van der Waals surface area contributed by atoms with Crippen molar-refractivity contribution < 1.29 is 9.53 Å². The molecule has 0 aromatic rings. The molecule has 0 aliphatic rings. The molecule has 0 atom stereocenters. The first-order valence-electron chi connectivity index (χ1n) is 5.37. The highest BCUT2D eigenvalue weighted by molar-refractivity contribution is 5.70. The third-order valence-corrected chi connectivity index (χ3v) is 1.58. The lowest BCUT2D eigenvalue weighted by molar-refractivity contribution is -0.154. The van der Waals surface area contributed by atoms with Crippen LogP contribution < -0.4 is 5.32 Å². The predicted octanol–water partition coefficient (Wildman–Crippen LogP) is 2.27. The van der Waals surface area contributed by atoms with E-state index in [0.717, 1.165) is 6.54 Å². The molecule has 0 saturated carbocycles. The van der Waals surface area contributed by atoms with E-state index in [2.05, 4.69) is 25.2 Å². The van der Waals surface area contributed by atoms with Gasteiger partial charge < -0.3 is 10.1 Å². The zero-order valence-corrected chi connectivity index (χ0v) is 10.5. The van der Waals surface area contributed by atoms with E-state index in [9.17, 15) is 4.79 Å². The highest BCUT2D eigenvalue weighted by atomic mass is 16.6. The van der Waals surface area contributed by atoms with Crippen LogP contribution in [0.4, 0.5) is 0 Å². The molecule has 3 heteroatoms. The molecular formula is C12H23NO2. The van der Waals surface area contributed by atoms with Crippen LogP contribution in [0, 0.1) is 0 Å². The van der Waals surface area contributed by atoms with Crippen molar-refractivity contribution >= 4 is 5.97 Å². The van der Waals surface area contributed by atoms with Crippen LogP contribution in [0.1, 0.15) is 41.0 Å². The van der Waals surface area contributed by atoms with Crippen LogP contribution in [-0.2, 0) is 9.53 Å². The van der Waals surface area contributed by atoms with Gasteiger partial charge in [0.15, 0.2) is 0 Å². The average Bonchev–Trinajstić information content (AvgIpc) is 1.99. The fraction of sp³-hybridized carbons (Fsp3) is 0.750. The van der Waals surface area contributed by atoms with Crippen molar-refractivity contribution in [3.05, 3.63) is 11.6 Å². The van der Waals surface area contributed by atoms with Crippen LogP contribution in [-0.4, -0.2) is 24.7 Å². The lowest BCUT2D eigenvalue weighted by atomic mass is 10.2. The van der Waals surface area contributed by atoms with Crippen molar-refractivity contribution in [3.8, 4) is 0 Å². The maximum Gasteiger partial charge on any atom is 0.307 e. The molecule has 0 saturated heterocycles. The second kappa shape index (κ2) is 6.62. The topological polar surface area (TPSA) is 38.3 Å². The summed E-state index contributed by atoms with van der Waals surface area (Å²) in [4.78, 5) is 11.3. The quantitative estimate of drug-likeness (QED) is 0.432. The van der Waals surface area contributed by atoms with E-state index in [1.54, 1.807) is 0 Å². The lowest BCUT2D eigenvalue weighted by Gasteiger charge is -2.19. The molecular weight excluding hydrogens is 190 g/mol. The Kier molecular flexibility index (Phi) is 6.25. The lowest BCUT2D eigenvalue weighted by Crippen LogP contribution is -2.26. The number of rotatable bonds is 5. The summed E-state index contributed by atoms with van der Waals surface area (Å²) in [5.41, 5.74) is 0.900. The highest BCUT2D eigenvalue weighted by Crippen LogP contribution is 2.07. The Morgan fingerprint density at radius 2 is 1.93 bits per heavy atom. The first kappa shape index (κ1) is 14.2. The second-order valence-corrected chi connectivity index (χ2v) is 4.82. The van der Waals surface area contributed by atoms with Crippen molar-refractivity contribution in [1.82, 2.24) is 5.32 Å². The monoisotopic (exact) mass is 213 g/mol.